The molecule has 5 nitrogen and oxygen atoms in total. The van der Waals surface area contributed by atoms with E-state index in [0.29, 0.717) is 31.1 Å². The minimum absolute atomic E-state index is 0.0433. The summed E-state index contributed by atoms with van der Waals surface area (Å²) in [5.41, 5.74) is 0.860. The van der Waals surface area contributed by atoms with E-state index in [2.05, 4.69) is 10.6 Å². The van der Waals surface area contributed by atoms with Crippen LogP contribution in [0.2, 0.25) is 0 Å². The molecule has 1 aliphatic heterocycles. The molecule has 0 aromatic heterocycles. The molecular formula is C20H20F2N2O3. The molecule has 1 heterocycles. The van der Waals surface area contributed by atoms with Crippen LogP contribution in [0, 0.1) is 11.6 Å². The number of nitrogens with one attached hydrogen (secondary N) is 2. The lowest BCUT2D eigenvalue weighted by Gasteiger charge is -2.13. The second kappa shape index (κ2) is 7.42. The molecule has 4 rings (SSSR count). The zero-order chi connectivity index (χ0) is 18.8. The minimum Gasteiger partial charge on any atom is -0.490 e. The fourth-order valence-electron chi connectivity index (χ4n) is 3.33. The molecule has 0 saturated heterocycles. The number of carbonyl (C=O) groups excluding carboxylic acids is 1. The Morgan fingerprint density at radius 3 is 2.63 bits per heavy atom. The number of fused-ring (bicyclic) bond motifs is 1. The van der Waals surface area contributed by atoms with Crippen LogP contribution in [-0.2, 0) is 6.54 Å². The quantitative estimate of drug-likeness (QED) is 0.861. The van der Waals surface area contributed by atoms with Gasteiger partial charge in [-0.15, -0.1) is 0 Å². The number of para-hydroxylation sites is 1. The molecule has 1 aliphatic carbocycles. The maximum Gasteiger partial charge on any atom is 0.315 e. The van der Waals surface area contributed by atoms with E-state index in [1.807, 2.05) is 18.2 Å². The number of amides is 2. The van der Waals surface area contributed by atoms with Crippen molar-refractivity contribution in [3.05, 3.63) is 59.2 Å². The molecule has 2 aromatic rings. The zero-order valence-electron chi connectivity index (χ0n) is 14.6. The molecule has 0 unspecified atom stereocenters. The van der Waals surface area contributed by atoms with Gasteiger partial charge in [-0.1, -0.05) is 18.2 Å². The van der Waals surface area contributed by atoms with E-state index in [9.17, 15) is 13.6 Å². The predicted octanol–water partition coefficient (Wildman–Crippen LogP) is 3.48. The van der Waals surface area contributed by atoms with Crippen LogP contribution in [0.4, 0.5) is 13.6 Å². The smallest absolute Gasteiger partial charge is 0.315 e. The van der Waals surface area contributed by atoms with Crippen LogP contribution >= 0.6 is 0 Å². The van der Waals surface area contributed by atoms with Crippen molar-refractivity contribution >= 4 is 6.03 Å². The molecule has 2 N–H and O–H groups in total. The van der Waals surface area contributed by atoms with Crippen molar-refractivity contribution in [1.29, 1.82) is 0 Å². The number of carbonyl (C=O) groups is 1. The van der Waals surface area contributed by atoms with Gasteiger partial charge in [-0.25, -0.2) is 13.6 Å². The number of benzene rings is 2. The van der Waals surface area contributed by atoms with Crippen molar-refractivity contribution < 1.29 is 23.0 Å². The molecule has 0 radical (unpaired) electrons. The van der Waals surface area contributed by atoms with Crippen LogP contribution in [0.25, 0.3) is 0 Å². The Morgan fingerprint density at radius 2 is 1.81 bits per heavy atom. The Bertz CT molecular complexity index is 839. The molecule has 2 aliphatic rings. The first-order valence-corrected chi connectivity index (χ1v) is 8.99. The van der Waals surface area contributed by atoms with Gasteiger partial charge in [-0.3, -0.25) is 0 Å². The fraction of sp³-hybridized carbons (Fsp3) is 0.350. The highest BCUT2D eigenvalue weighted by atomic mass is 19.1. The Labute approximate surface area is 155 Å². The average Bonchev–Trinajstić information content (AvgIpc) is 3.42. The van der Waals surface area contributed by atoms with Gasteiger partial charge in [-0.05, 0) is 24.6 Å². The molecule has 142 valence electrons. The third-order valence-corrected chi connectivity index (χ3v) is 4.77. The van der Waals surface area contributed by atoms with Crippen molar-refractivity contribution in [3.8, 4) is 11.5 Å². The first kappa shape index (κ1) is 17.6. The molecule has 2 aromatic carbocycles. The summed E-state index contributed by atoms with van der Waals surface area (Å²) < 4.78 is 39.0. The second-order valence-electron chi connectivity index (χ2n) is 6.71. The van der Waals surface area contributed by atoms with E-state index in [1.54, 1.807) is 0 Å². The van der Waals surface area contributed by atoms with Crippen molar-refractivity contribution in [3.63, 3.8) is 0 Å². The maximum atomic E-state index is 13.8. The lowest BCUT2D eigenvalue weighted by Crippen LogP contribution is -2.37. The first-order chi connectivity index (χ1) is 13.1. The van der Waals surface area contributed by atoms with E-state index in [-0.39, 0.29) is 30.1 Å². The van der Waals surface area contributed by atoms with Crippen molar-refractivity contribution in [2.24, 2.45) is 0 Å². The highest BCUT2D eigenvalue weighted by Crippen LogP contribution is 2.43. The minimum atomic E-state index is -0.575. The molecule has 1 fully saturated rings. The van der Waals surface area contributed by atoms with E-state index < -0.39 is 11.6 Å². The summed E-state index contributed by atoms with van der Waals surface area (Å²) in [7, 11) is 0. The highest BCUT2D eigenvalue weighted by molar-refractivity contribution is 5.75. The van der Waals surface area contributed by atoms with Gasteiger partial charge in [0.25, 0.3) is 0 Å². The average molecular weight is 374 g/mol. The normalized spacial score (nSPS) is 20.5. The molecule has 2 atom stereocenters. The molecule has 27 heavy (non-hydrogen) atoms. The lowest BCUT2D eigenvalue weighted by atomic mass is 10.1. The number of rotatable bonds is 4. The van der Waals surface area contributed by atoms with Gasteiger partial charge in [0.1, 0.15) is 11.6 Å². The Morgan fingerprint density at radius 1 is 1.07 bits per heavy atom. The van der Waals surface area contributed by atoms with Gasteiger partial charge in [0, 0.05) is 36.1 Å². The van der Waals surface area contributed by atoms with Crippen LogP contribution in [-0.4, -0.2) is 25.3 Å². The largest absolute Gasteiger partial charge is 0.490 e. The topological polar surface area (TPSA) is 59.6 Å². The lowest BCUT2D eigenvalue weighted by molar-refractivity contribution is 0.239. The highest BCUT2D eigenvalue weighted by Gasteiger charge is 2.42. The molecule has 0 bridgehead atoms. The number of ether oxygens (including phenoxy) is 2. The SMILES string of the molecule is O=C(NCc1cccc2c1OCCCO2)N[C@@H]1C[C@@H]1c1c(F)cccc1F. The van der Waals surface area contributed by atoms with Crippen LogP contribution < -0.4 is 20.1 Å². The summed E-state index contributed by atoms with van der Waals surface area (Å²) in [6.07, 6.45) is 1.32. The third kappa shape index (κ3) is 3.82. The molecule has 2 amide bonds. The van der Waals surface area contributed by atoms with Crippen LogP contribution in [0.15, 0.2) is 36.4 Å². The predicted molar refractivity (Wildman–Crippen MR) is 94.9 cm³/mol. The van der Waals surface area contributed by atoms with Gasteiger partial charge in [-0.2, -0.15) is 0 Å². The maximum absolute atomic E-state index is 13.8. The van der Waals surface area contributed by atoms with Gasteiger partial charge in [0.15, 0.2) is 11.5 Å². The summed E-state index contributed by atoms with van der Waals surface area (Å²) >= 11 is 0. The first-order valence-electron chi connectivity index (χ1n) is 8.99. The van der Waals surface area contributed by atoms with E-state index in [0.717, 1.165) is 12.0 Å². The summed E-state index contributed by atoms with van der Waals surface area (Å²) in [5.74, 6) is -0.165. The van der Waals surface area contributed by atoms with Crippen molar-refractivity contribution in [1.82, 2.24) is 10.6 Å². The van der Waals surface area contributed by atoms with Gasteiger partial charge in [0.2, 0.25) is 0 Å². The van der Waals surface area contributed by atoms with Gasteiger partial charge < -0.3 is 20.1 Å². The summed E-state index contributed by atoms with van der Waals surface area (Å²) in [4.78, 5) is 12.2. The summed E-state index contributed by atoms with van der Waals surface area (Å²) in [6, 6.07) is 8.69. The van der Waals surface area contributed by atoms with Crippen LogP contribution in [0.3, 0.4) is 0 Å². The second-order valence-corrected chi connectivity index (χ2v) is 6.71. The number of urea groups is 1. The Kier molecular flexibility index (Phi) is 4.83. The van der Waals surface area contributed by atoms with Crippen LogP contribution in [0.1, 0.15) is 29.9 Å². The Hall–Kier alpha value is -2.83. The van der Waals surface area contributed by atoms with E-state index >= 15 is 0 Å². The summed E-state index contributed by atoms with van der Waals surface area (Å²) in [6.45, 7) is 1.43. The van der Waals surface area contributed by atoms with Gasteiger partial charge in [0.05, 0.1) is 13.2 Å². The number of halogens is 2. The molecule has 7 heteroatoms. The molecule has 0 spiro atoms. The number of hydrogen-bond donors (Lipinski definition) is 2. The number of hydrogen-bond acceptors (Lipinski definition) is 3. The monoisotopic (exact) mass is 374 g/mol. The van der Waals surface area contributed by atoms with Gasteiger partial charge >= 0.3 is 6.03 Å². The van der Waals surface area contributed by atoms with Crippen LogP contribution in [0.5, 0.6) is 11.5 Å². The van der Waals surface area contributed by atoms with Crippen molar-refractivity contribution in [2.45, 2.75) is 31.3 Å². The van der Waals surface area contributed by atoms with E-state index in [4.69, 9.17) is 9.47 Å². The zero-order valence-corrected chi connectivity index (χ0v) is 14.6. The molecular weight excluding hydrogens is 354 g/mol. The molecule has 1 saturated carbocycles. The standard InChI is InChI=1S/C20H20F2N2O3/c21-14-5-2-6-15(22)18(14)13-10-16(13)24-20(25)23-11-12-4-1-7-17-19(12)27-9-3-8-26-17/h1-2,4-7,13,16H,3,8-11H2,(H2,23,24,25)/t13-,16+/m0/s1. The van der Waals surface area contributed by atoms with Crippen molar-refractivity contribution in [2.75, 3.05) is 13.2 Å². The fourth-order valence-corrected chi connectivity index (χ4v) is 3.33. The Balaban J connectivity index is 1.34. The summed E-state index contributed by atoms with van der Waals surface area (Å²) in [5, 5.41) is 5.53. The third-order valence-electron chi connectivity index (χ3n) is 4.77. The van der Waals surface area contributed by atoms with E-state index in [1.165, 1.54) is 18.2 Å².